The quantitative estimate of drug-likeness (QED) is 0.493. The highest BCUT2D eigenvalue weighted by atomic mass is 19.1. The number of halogens is 1. The molecule has 0 aromatic heterocycles. The molecule has 0 saturated carbocycles. The highest BCUT2D eigenvalue weighted by Gasteiger charge is 2.29. The molecule has 0 radical (unpaired) electrons. The normalized spacial score (nSPS) is 13.7. The van der Waals surface area contributed by atoms with E-state index in [9.17, 15) is 14.0 Å². The monoisotopic (exact) mass is 443 g/mol. The summed E-state index contributed by atoms with van der Waals surface area (Å²) in [5.74, 6) is -1.29. The Labute approximate surface area is 193 Å². The Morgan fingerprint density at radius 3 is 2.00 bits per heavy atom. The van der Waals surface area contributed by atoms with Crippen molar-refractivity contribution < 1.29 is 18.7 Å². The van der Waals surface area contributed by atoms with Gasteiger partial charge in [0.15, 0.2) is 0 Å². The van der Waals surface area contributed by atoms with Gasteiger partial charge in [-0.25, -0.2) is 9.18 Å². The Balaban J connectivity index is 1.49. The number of methoxy groups -OCH3 is 1. The van der Waals surface area contributed by atoms with Crippen LogP contribution in [-0.2, 0) is 9.53 Å². The molecule has 0 atom stereocenters. The van der Waals surface area contributed by atoms with Gasteiger partial charge in [-0.3, -0.25) is 4.79 Å². The van der Waals surface area contributed by atoms with Crippen LogP contribution in [0.1, 0.15) is 45.8 Å². The number of esters is 1. The summed E-state index contributed by atoms with van der Waals surface area (Å²) >= 11 is 0. The smallest absolute Gasteiger partial charge is 0.337 e. The van der Waals surface area contributed by atoms with Crippen LogP contribution in [-0.4, -0.2) is 37.0 Å². The van der Waals surface area contributed by atoms with Crippen LogP contribution in [0.2, 0.25) is 0 Å². The van der Waals surface area contributed by atoms with Gasteiger partial charge in [-0.05, 0) is 36.1 Å². The van der Waals surface area contributed by atoms with Crippen molar-refractivity contribution >= 4 is 18.0 Å². The number of rotatable bonds is 5. The molecule has 0 unspecified atom stereocenters. The average molecular weight is 444 g/mol. The summed E-state index contributed by atoms with van der Waals surface area (Å²) in [6.45, 7) is 1.17. The molecule has 1 aliphatic rings. The summed E-state index contributed by atoms with van der Waals surface area (Å²) < 4.78 is 19.1. The van der Waals surface area contributed by atoms with E-state index in [4.69, 9.17) is 0 Å². The van der Waals surface area contributed by atoms with E-state index < -0.39 is 11.8 Å². The molecule has 1 amide bonds. The molecule has 0 spiro atoms. The number of ether oxygens (including phenoxy) is 1. The van der Waals surface area contributed by atoms with E-state index in [1.807, 2.05) is 71.6 Å². The van der Waals surface area contributed by atoms with Crippen molar-refractivity contribution in [3.8, 4) is 0 Å². The van der Waals surface area contributed by atoms with Gasteiger partial charge in [0.2, 0.25) is 5.91 Å². The fourth-order valence-corrected chi connectivity index (χ4v) is 4.22. The summed E-state index contributed by atoms with van der Waals surface area (Å²) in [6, 6.07) is 24.0. The van der Waals surface area contributed by atoms with Gasteiger partial charge < -0.3 is 9.64 Å². The van der Waals surface area contributed by atoms with Crippen LogP contribution in [0.3, 0.4) is 0 Å². The highest BCUT2D eigenvalue weighted by molar-refractivity contribution is 5.89. The fraction of sp³-hybridized carbons (Fsp3) is 0.214. The third-order valence-corrected chi connectivity index (χ3v) is 6.01. The first-order valence-corrected chi connectivity index (χ1v) is 11.0. The number of hydrogen-bond acceptors (Lipinski definition) is 3. The van der Waals surface area contributed by atoms with E-state index in [1.165, 1.54) is 13.2 Å². The molecule has 0 bridgehead atoms. The zero-order chi connectivity index (χ0) is 23.2. The van der Waals surface area contributed by atoms with Gasteiger partial charge in [-0.2, -0.15) is 0 Å². The number of piperidine rings is 1. The lowest BCUT2D eigenvalue weighted by Crippen LogP contribution is -2.39. The molecule has 1 aliphatic heterocycles. The van der Waals surface area contributed by atoms with Crippen molar-refractivity contribution in [2.45, 2.75) is 18.8 Å². The van der Waals surface area contributed by atoms with Crippen molar-refractivity contribution in [1.29, 1.82) is 0 Å². The second-order valence-electron chi connectivity index (χ2n) is 8.11. The molecule has 0 aliphatic carbocycles. The minimum atomic E-state index is -0.564. The molecule has 3 aromatic carbocycles. The van der Waals surface area contributed by atoms with Gasteiger partial charge in [0.05, 0.1) is 18.6 Å². The molecule has 0 N–H and O–H groups in total. The maximum absolute atomic E-state index is 14.5. The lowest BCUT2D eigenvalue weighted by molar-refractivity contribution is -0.132. The molecular weight excluding hydrogens is 417 g/mol. The lowest BCUT2D eigenvalue weighted by atomic mass is 9.89. The molecular formula is C28H26FNO3. The highest BCUT2D eigenvalue weighted by Crippen LogP contribution is 2.29. The van der Waals surface area contributed by atoms with E-state index in [2.05, 4.69) is 4.74 Å². The molecule has 168 valence electrons. The number of benzene rings is 3. The molecule has 5 heteroatoms. The summed E-state index contributed by atoms with van der Waals surface area (Å²) in [5, 5.41) is 0. The number of likely N-dealkylation sites (tertiary alicyclic amines) is 1. The number of nitrogens with zero attached hydrogens (tertiary/aromatic N) is 1. The van der Waals surface area contributed by atoms with E-state index in [1.54, 1.807) is 12.1 Å². The SMILES string of the molecule is COC(=O)c1ccc(C=C2CCN(C(=O)C(c3ccccc3)c3ccccc3)CC2)c(F)c1. The van der Waals surface area contributed by atoms with Crippen molar-refractivity contribution in [2.75, 3.05) is 20.2 Å². The predicted molar refractivity (Wildman–Crippen MR) is 126 cm³/mol. The van der Waals surface area contributed by atoms with Gasteiger partial charge in [0.1, 0.15) is 5.82 Å². The molecule has 1 heterocycles. The van der Waals surface area contributed by atoms with Crippen LogP contribution >= 0.6 is 0 Å². The Hall–Kier alpha value is -3.73. The summed E-state index contributed by atoms with van der Waals surface area (Å²) in [4.78, 5) is 27.0. The third-order valence-electron chi connectivity index (χ3n) is 6.01. The molecule has 1 saturated heterocycles. The van der Waals surface area contributed by atoms with Crippen molar-refractivity contribution in [1.82, 2.24) is 4.90 Å². The minimum absolute atomic E-state index is 0.0834. The molecule has 4 nitrogen and oxygen atoms in total. The number of carbonyl (C=O) groups excluding carboxylic acids is 2. The largest absolute Gasteiger partial charge is 0.465 e. The first-order chi connectivity index (χ1) is 16.1. The first-order valence-electron chi connectivity index (χ1n) is 11.0. The lowest BCUT2D eigenvalue weighted by Gasteiger charge is -2.32. The van der Waals surface area contributed by atoms with Crippen LogP contribution < -0.4 is 0 Å². The average Bonchev–Trinajstić information content (AvgIpc) is 2.86. The molecule has 33 heavy (non-hydrogen) atoms. The summed E-state index contributed by atoms with van der Waals surface area (Å²) in [6.07, 6.45) is 3.19. The zero-order valence-corrected chi connectivity index (χ0v) is 18.5. The Morgan fingerprint density at radius 1 is 0.909 bits per heavy atom. The van der Waals surface area contributed by atoms with Gasteiger partial charge in [0.25, 0.3) is 0 Å². The van der Waals surface area contributed by atoms with Gasteiger partial charge >= 0.3 is 5.97 Å². The molecule has 4 rings (SSSR count). The van der Waals surface area contributed by atoms with Gasteiger partial charge in [-0.1, -0.05) is 78.4 Å². The van der Waals surface area contributed by atoms with Crippen LogP contribution in [0, 0.1) is 5.82 Å². The standard InChI is InChI=1S/C28H26FNO3/c1-33-28(32)24-13-12-23(25(29)19-24)18-20-14-16-30(17-15-20)27(31)26(21-8-4-2-5-9-21)22-10-6-3-7-11-22/h2-13,18-19,26H,14-17H2,1H3. The van der Waals surface area contributed by atoms with E-state index in [0.29, 0.717) is 31.5 Å². The maximum atomic E-state index is 14.5. The third kappa shape index (κ3) is 5.20. The number of carbonyl (C=O) groups is 2. The second-order valence-corrected chi connectivity index (χ2v) is 8.11. The van der Waals surface area contributed by atoms with Crippen molar-refractivity contribution in [3.05, 3.63) is 113 Å². The second kappa shape index (κ2) is 10.3. The predicted octanol–water partition coefficient (Wildman–Crippen LogP) is 5.45. The fourth-order valence-electron chi connectivity index (χ4n) is 4.22. The van der Waals surface area contributed by atoms with E-state index >= 15 is 0 Å². The van der Waals surface area contributed by atoms with Crippen LogP contribution in [0.5, 0.6) is 0 Å². The van der Waals surface area contributed by atoms with E-state index in [0.717, 1.165) is 16.7 Å². The topological polar surface area (TPSA) is 46.6 Å². The Bertz CT molecular complexity index is 1110. The first kappa shape index (κ1) is 22.5. The van der Waals surface area contributed by atoms with Gasteiger partial charge in [0, 0.05) is 18.7 Å². The summed E-state index contributed by atoms with van der Waals surface area (Å²) in [7, 11) is 1.27. The van der Waals surface area contributed by atoms with Crippen LogP contribution in [0.25, 0.3) is 6.08 Å². The van der Waals surface area contributed by atoms with Crippen LogP contribution in [0.15, 0.2) is 84.4 Å². The minimum Gasteiger partial charge on any atom is -0.465 e. The molecule has 3 aromatic rings. The number of amides is 1. The maximum Gasteiger partial charge on any atom is 0.337 e. The Morgan fingerprint density at radius 2 is 1.48 bits per heavy atom. The summed E-state index contributed by atoms with van der Waals surface area (Å²) in [5.41, 5.74) is 3.65. The van der Waals surface area contributed by atoms with Gasteiger partial charge in [-0.15, -0.1) is 0 Å². The van der Waals surface area contributed by atoms with Crippen LogP contribution in [0.4, 0.5) is 4.39 Å². The Kier molecular flexibility index (Phi) is 6.98. The zero-order valence-electron chi connectivity index (χ0n) is 18.5. The number of hydrogen-bond donors (Lipinski definition) is 0. The molecule has 1 fully saturated rings. The van der Waals surface area contributed by atoms with Crippen molar-refractivity contribution in [3.63, 3.8) is 0 Å². The van der Waals surface area contributed by atoms with Crippen molar-refractivity contribution in [2.24, 2.45) is 0 Å². The van der Waals surface area contributed by atoms with E-state index in [-0.39, 0.29) is 17.4 Å².